The van der Waals surface area contributed by atoms with E-state index in [4.69, 9.17) is 0 Å². The van der Waals surface area contributed by atoms with E-state index in [0.717, 1.165) is 18.6 Å². The maximum atomic E-state index is 3.61. The molecule has 1 fully saturated rings. The molecule has 17 heavy (non-hydrogen) atoms. The van der Waals surface area contributed by atoms with E-state index < -0.39 is 0 Å². The Morgan fingerprint density at radius 3 is 2.18 bits per heavy atom. The second-order valence-corrected chi connectivity index (χ2v) is 5.46. The van der Waals surface area contributed by atoms with Crippen molar-refractivity contribution in [2.75, 3.05) is 19.6 Å². The van der Waals surface area contributed by atoms with Gasteiger partial charge in [0.2, 0.25) is 0 Å². The smallest absolute Gasteiger partial charge is 0.0111 e. The van der Waals surface area contributed by atoms with Crippen molar-refractivity contribution >= 4 is 0 Å². The van der Waals surface area contributed by atoms with Gasteiger partial charge in [-0.1, -0.05) is 33.6 Å². The van der Waals surface area contributed by atoms with Crippen LogP contribution in [0.15, 0.2) is 0 Å². The highest BCUT2D eigenvalue weighted by atomic mass is 15.2. The minimum absolute atomic E-state index is 0.788. The summed E-state index contributed by atoms with van der Waals surface area (Å²) >= 11 is 0. The fraction of sp³-hybridized carbons (Fsp3) is 1.00. The molecule has 2 atom stereocenters. The average molecular weight is 240 g/mol. The van der Waals surface area contributed by atoms with Gasteiger partial charge >= 0.3 is 0 Å². The zero-order valence-corrected chi connectivity index (χ0v) is 12.2. The molecule has 0 saturated heterocycles. The second kappa shape index (κ2) is 8.93. The van der Waals surface area contributed by atoms with E-state index in [1.165, 1.54) is 58.0 Å². The topological polar surface area (TPSA) is 15.3 Å². The van der Waals surface area contributed by atoms with Gasteiger partial charge in [0.25, 0.3) is 0 Å². The zero-order valence-electron chi connectivity index (χ0n) is 12.2. The van der Waals surface area contributed by atoms with E-state index in [9.17, 15) is 0 Å². The van der Waals surface area contributed by atoms with Crippen LogP contribution in [-0.4, -0.2) is 36.6 Å². The van der Waals surface area contributed by atoms with Crippen LogP contribution >= 0.6 is 0 Å². The summed E-state index contributed by atoms with van der Waals surface area (Å²) in [6.45, 7) is 10.6. The monoisotopic (exact) mass is 240 g/mol. The van der Waals surface area contributed by atoms with E-state index in [2.05, 4.69) is 31.0 Å². The minimum Gasteiger partial charge on any atom is -0.314 e. The van der Waals surface area contributed by atoms with Gasteiger partial charge in [-0.25, -0.2) is 0 Å². The first kappa shape index (κ1) is 15.0. The first-order valence-electron chi connectivity index (χ1n) is 7.79. The third-order valence-electron chi connectivity index (χ3n) is 4.01. The largest absolute Gasteiger partial charge is 0.314 e. The molecule has 1 N–H and O–H groups in total. The molecule has 102 valence electrons. The van der Waals surface area contributed by atoms with Gasteiger partial charge < -0.3 is 10.2 Å². The van der Waals surface area contributed by atoms with Crippen molar-refractivity contribution in [2.45, 2.75) is 77.8 Å². The van der Waals surface area contributed by atoms with Gasteiger partial charge in [-0.15, -0.1) is 0 Å². The van der Waals surface area contributed by atoms with Crippen LogP contribution in [0.4, 0.5) is 0 Å². The van der Waals surface area contributed by atoms with Gasteiger partial charge in [-0.3, -0.25) is 0 Å². The fourth-order valence-electron chi connectivity index (χ4n) is 2.96. The summed E-state index contributed by atoms with van der Waals surface area (Å²) in [5.74, 6) is 0. The van der Waals surface area contributed by atoms with Crippen LogP contribution in [0.25, 0.3) is 0 Å². The fourth-order valence-corrected chi connectivity index (χ4v) is 2.96. The molecule has 0 aliphatic heterocycles. The minimum atomic E-state index is 0.788. The summed E-state index contributed by atoms with van der Waals surface area (Å²) in [5, 5.41) is 3.61. The lowest BCUT2D eigenvalue weighted by molar-refractivity contribution is 0.190. The van der Waals surface area contributed by atoms with Crippen LogP contribution < -0.4 is 5.32 Å². The molecule has 1 aliphatic carbocycles. The molecule has 2 nitrogen and oxygen atoms in total. The van der Waals surface area contributed by atoms with Crippen LogP contribution in [0, 0.1) is 0 Å². The summed E-state index contributed by atoms with van der Waals surface area (Å²) in [4.78, 5) is 2.77. The van der Waals surface area contributed by atoms with Crippen molar-refractivity contribution < 1.29 is 0 Å². The maximum absolute atomic E-state index is 3.61. The molecule has 1 saturated carbocycles. The van der Waals surface area contributed by atoms with Crippen molar-refractivity contribution in [2.24, 2.45) is 0 Å². The molecular weight excluding hydrogens is 208 g/mol. The Morgan fingerprint density at radius 2 is 1.65 bits per heavy atom. The maximum Gasteiger partial charge on any atom is 0.0111 e. The van der Waals surface area contributed by atoms with Gasteiger partial charge in [0.1, 0.15) is 0 Å². The molecular formula is C15H32N2. The Labute approximate surface area is 108 Å². The third-order valence-corrected chi connectivity index (χ3v) is 4.01. The SMILES string of the molecule is CCCCN(CCCC)C1CCC(NCC)C1. The summed E-state index contributed by atoms with van der Waals surface area (Å²) in [5.41, 5.74) is 0. The lowest BCUT2D eigenvalue weighted by Gasteiger charge is -2.29. The third kappa shape index (κ3) is 5.39. The zero-order chi connectivity index (χ0) is 12.5. The standard InChI is InChI=1S/C15H32N2/c1-4-7-11-17(12-8-5-2)15-10-9-14(13-15)16-6-3/h14-16H,4-13H2,1-3H3. The molecule has 2 unspecified atom stereocenters. The molecule has 0 aromatic rings. The van der Waals surface area contributed by atoms with Crippen LogP contribution in [-0.2, 0) is 0 Å². The summed E-state index contributed by atoms with van der Waals surface area (Å²) in [6, 6.07) is 1.65. The molecule has 1 rings (SSSR count). The molecule has 0 amide bonds. The number of unbranched alkanes of at least 4 members (excludes halogenated alkanes) is 2. The number of hydrogen-bond acceptors (Lipinski definition) is 2. The number of rotatable bonds is 9. The summed E-state index contributed by atoms with van der Waals surface area (Å²) in [7, 11) is 0. The highest BCUT2D eigenvalue weighted by Crippen LogP contribution is 2.24. The van der Waals surface area contributed by atoms with Gasteiger partial charge in [0.15, 0.2) is 0 Å². The van der Waals surface area contributed by atoms with Gasteiger partial charge in [0, 0.05) is 12.1 Å². The van der Waals surface area contributed by atoms with Gasteiger partial charge in [-0.2, -0.15) is 0 Å². The Balaban J connectivity index is 2.35. The van der Waals surface area contributed by atoms with E-state index >= 15 is 0 Å². The first-order valence-corrected chi connectivity index (χ1v) is 7.79. The number of nitrogens with zero attached hydrogens (tertiary/aromatic N) is 1. The normalized spacial score (nSPS) is 24.7. The number of hydrogen-bond donors (Lipinski definition) is 1. The van der Waals surface area contributed by atoms with Crippen LogP contribution in [0.5, 0.6) is 0 Å². The molecule has 0 bridgehead atoms. The van der Waals surface area contributed by atoms with Crippen molar-refractivity contribution in [3.63, 3.8) is 0 Å². The Hall–Kier alpha value is -0.0800. The molecule has 0 radical (unpaired) electrons. The highest BCUT2D eigenvalue weighted by Gasteiger charge is 2.27. The van der Waals surface area contributed by atoms with Gasteiger partial charge in [0.05, 0.1) is 0 Å². The Kier molecular flexibility index (Phi) is 7.87. The molecule has 2 heteroatoms. The van der Waals surface area contributed by atoms with Crippen LogP contribution in [0.1, 0.15) is 65.7 Å². The van der Waals surface area contributed by atoms with Gasteiger partial charge in [-0.05, 0) is 51.7 Å². The summed E-state index contributed by atoms with van der Waals surface area (Å²) < 4.78 is 0. The average Bonchev–Trinajstić information content (AvgIpc) is 2.78. The highest BCUT2D eigenvalue weighted by molar-refractivity contribution is 4.86. The van der Waals surface area contributed by atoms with E-state index in [1.807, 2.05) is 0 Å². The Morgan fingerprint density at radius 1 is 1.00 bits per heavy atom. The lowest BCUT2D eigenvalue weighted by atomic mass is 10.1. The van der Waals surface area contributed by atoms with E-state index in [1.54, 1.807) is 0 Å². The van der Waals surface area contributed by atoms with Crippen molar-refractivity contribution in [1.82, 2.24) is 10.2 Å². The van der Waals surface area contributed by atoms with Crippen LogP contribution in [0.3, 0.4) is 0 Å². The molecule has 0 spiro atoms. The van der Waals surface area contributed by atoms with E-state index in [-0.39, 0.29) is 0 Å². The first-order chi connectivity index (χ1) is 8.31. The van der Waals surface area contributed by atoms with Crippen molar-refractivity contribution in [1.29, 1.82) is 0 Å². The molecule has 0 aromatic carbocycles. The molecule has 0 heterocycles. The second-order valence-electron chi connectivity index (χ2n) is 5.46. The number of nitrogens with one attached hydrogen (secondary N) is 1. The Bertz CT molecular complexity index is 174. The predicted octanol–water partition coefficient (Wildman–Crippen LogP) is 3.42. The predicted molar refractivity (Wildman–Crippen MR) is 76.5 cm³/mol. The molecule has 0 aromatic heterocycles. The van der Waals surface area contributed by atoms with Crippen molar-refractivity contribution in [3.8, 4) is 0 Å². The lowest BCUT2D eigenvalue weighted by Crippen LogP contribution is -2.37. The van der Waals surface area contributed by atoms with E-state index in [0.29, 0.717) is 0 Å². The quantitative estimate of drug-likeness (QED) is 0.664. The molecule has 1 aliphatic rings. The van der Waals surface area contributed by atoms with Crippen LogP contribution in [0.2, 0.25) is 0 Å². The van der Waals surface area contributed by atoms with Crippen molar-refractivity contribution in [3.05, 3.63) is 0 Å². The summed E-state index contributed by atoms with van der Waals surface area (Å²) in [6.07, 6.45) is 9.55.